The molecule has 0 spiro atoms. The van der Waals surface area contributed by atoms with E-state index < -0.39 is 21.8 Å². The highest BCUT2D eigenvalue weighted by Gasteiger charge is 2.36. The van der Waals surface area contributed by atoms with Crippen molar-refractivity contribution < 1.29 is 23.1 Å². The molecular weight excluding hydrogens is 296 g/mol. The summed E-state index contributed by atoms with van der Waals surface area (Å²) in [5, 5.41) is 11.7. The Morgan fingerprint density at radius 3 is 2.86 bits per heavy atom. The fourth-order valence-electron chi connectivity index (χ4n) is 2.81. The third kappa shape index (κ3) is 2.58. The molecule has 1 aromatic carbocycles. The van der Waals surface area contributed by atoms with Crippen molar-refractivity contribution in [2.75, 3.05) is 28.3 Å². The number of carbonyl (C=O) groups excluding carboxylic acids is 1. The number of carboxylic acids is 1. The normalized spacial score (nSPS) is 23.5. The van der Waals surface area contributed by atoms with E-state index in [4.69, 9.17) is 5.11 Å². The lowest BCUT2D eigenvalue weighted by Gasteiger charge is -2.35. The van der Waals surface area contributed by atoms with Crippen molar-refractivity contribution >= 4 is 33.1 Å². The summed E-state index contributed by atoms with van der Waals surface area (Å²) in [6.45, 7) is 0.307. The first kappa shape index (κ1) is 13.9. The predicted octanol–water partition coefficient (Wildman–Crippen LogP) is 0.330. The van der Waals surface area contributed by atoms with Crippen molar-refractivity contribution in [3.05, 3.63) is 23.8 Å². The van der Waals surface area contributed by atoms with Crippen LogP contribution in [0.25, 0.3) is 0 Å². The number of aromatic carboxylic acids is 1. The zero-order chi connectivity index (χ0) is 15.2. The van der Waals surface area contributed by atoms with Crippen molar-refractivity contribution in [3.8, 4) is 0 Å². The van der Waals surface area contributed by atoms with Crippen molar-refractivity contribution in [1.82, 2.24) is 0 Å². The predicted molar refractivity (Wildman–Crippen MR) is 76.4 cm³/mol. The molecule has 1 saturated heterocycles. The lowest BCUT2D eigenvalue weighted by molar-refractivity contribution is -0.116. The minimum absolute atomic E-state index is 0.0395. The van der Waals surface area contributed by atoms with Crippen LogP contribution in [0, 0.1) is 0 Å². The van der Waals surface area contributed by atoms with Gasteiger partial charge in [-0.1, -0.05) is 0 Å². The molecule has 2 aliphatic heterocycles. The average molecular weight is 310 g/mol. The lowest BCUT2D eigenvalue weighted by atomic mass is 10.1. The average Bonchev–Trinajstić information content (AvgIpc) is 2.51. The first-order valence-electron chi connectivity index (χ1n) is 6.50. The summed E-state index contributed by atoms with van der Waals surface area (Å²) in [7, 11) is -3.13. The highest BCUT2D eigenvalue weighted by molar-refractivity contribution is 7.91. The Morgan fingerprint density at radius 1 is 1.38 bits per heavy atom. The van der Waals surface area contributed by atoms with E-state index in [1.807, 2.05) is 4.90 Å². The van der Waals surface area contributed by atoms with Crippen LogP contribution in [0.15, 0.2) is 18.2 Å². The molecule has 3 rings (SSSR count). The third-order valence-corrected chi connectivity index (χ3v) is 5.48. The van der Waals surface area contributed by atoms with Gasteiger partial charge < -0.3 is 15.3 Å². The number of sulfone groups is 1. The van der Waals surface area contributed by atoms with E-state index in [0.29, 0.717) is 17.9 Å². The molecule has 2 heterocycles. The molecule has 1 amide bonds. The molecule has 1 aromatic rings. The van der Waals surface area contributed by atoms with Gasteiger partial charge >= 0.3 is 5.97 Å². The topological polar surface area (TPSA) is 104 Å². The third-order valence-electron chi connectivity index (χ3n) is 3.78. The molecule has 2 N–H and O–H groups in total. The zero-order valence-electron chi connectivity index (χ0n) is 11.1. The summed E-state index contributed by atoms with van der Waals surface area (Å²) in [4.78, 5) is 24.8. The maximum Gasteiger partial charge on any atom is 0.335 e. The summed E-state index contributed by atoms with van der Waals surface area (Å²) in [5.74, 6) is -1.39. The quantitative estimate of drug-likeness (QED) is 0.775. The van der Waals surface area contributed by atoms with Crippen molar-refractivity contribution in [2.24, 2.45) is 0 Å². The number of carboxylic acid groups (broad SMARTS) is 1. The first-order valence-corrected chi connectivity index (χ1v) is 8.32. The first-order chi connectivity index (χ1) is 9.85. The second kappa shape index (κ2) is 4.73. The van der Waals surface area contributed by atoms with Gasteiger partial charge in [-0.15, -0.1) is 0 Å². The second-order valence-corrected chi connectivity index (χ2v) is 7.48. The van der Waals surface area contributed by atoms with Gasteiger partial charge in [-0.3, -0.25) is 4.79 Å². The van der Waals surface area contributed by atoms with Gasteiger partial charge in [0, 0.05) is 13.0 Å². The molecule has 1 unspecified atom stereocenters. The highest BCUT2D eigenvalue weighted by atomic mass is 32.2. The summed E-state index contributed by atoms with van der Waals surface area (Å²) in [6.07, 6.45) is 0.0797. The number of nitrogens with one attached hydrogen (secondary N) is 1. The highest BCUT2D eigenvalue weighted by Crippen LogP contribution is 2.34. The number of fused-ring (bicyclic) bond motifs is 3. The van der Waals surface area contributed by atoms with Crippen LogP contribution in [0.1, 0.15) is 16.8 Å². The van der Waals surface area contributed by atoms with Crippen molar-refractivity contribution in [1.29, 1.82) is 0 Å². The molecule has 7 nitrogen and oxygen atoms in total. The van der Waals surface area contributed by atoms with E-state index in [9.17, 15) is 18.0 Å². The van der Waals surface area contributed by atoms with E-state index in [2.05, 4.69) is 5.32 Å². The Morgan fingerprint density at radius 2 is 2.14 bits per heavy atom. The molecule has 8 heteroatoms. The monoisotopic (exact) mass is 310 g/mol. The summed E-state index contributed by atoms with van der Waals surface area (Å²) in [6, 6.07) is 4.08. The molecule has 0 bridgehead atoms. The van der Waals surface area contributed by atoms with Crippen molar-refractivity contribution in [2.45, 2.75) is 12.5 Å². The Labute approximate surface area is 121 Å². The molecule has 0 aliphatic carbocycles. The number of hydrogen-bond acceptors (Lipinski definition) is 5. The molecule has 0 radical (unpaired) electrons. The standard InChI is InChI=1S/C13H14N2O5S/c16-12-6-9-7-21(19,20)4-3-15(9)11-2-1-8(13(17)18)5-10(11)14-12/h1-2,5,9H,3-4,6-7H2,(H,14,16)(H,17,18). The Bertz CT molecular complexity index is 728. The number of nitrogens with zero attached hydrogens (tertiary/aromatic N) is 1. The van der Waals surface area contributed by atoms with Gasteiger partial charge in [0.05, 0.1) is 34.5 Å². The van der Waals surface area contributed by atoms with Gasteiger partial charge in [0.1, 0.15) is 0 Å². The number of anilines is 2. The Hall–Kier alpha value is -2.09. The van der Waals surface area contributed by atoms with Gasteiger partial charge in [-0.2, -0.15) is 0 Å². The van der Waals surface area contributed by atoms with Crippen LogP contribution in [0.3, 0.4) is 0 Å². The maximum atomic E-state index is 11.9. The minimum Gasteiger partial charge on any atom is -0.478 e. The second-order valence-electron chi connectivity index (χ2n) is 5.25. The van der Waals surface area contributed by atoms with Crippen LogP contribution >= 0.6 is 0 Å². The number of benzene rings is 1. The molecular formula is C13H14N2O5S. The zero-order valence-corrected chi connectivity index (χ0v) is 11.9. The molecule has 2 aliphatic rings. The van der Waals surface area contributed by atoms with Gasteiger partial charge in [0.2, 0.25) is 5.91 Å². The van der Waals surface area contributed by atoms with Crippen LogP contribution in [0.5, 0.6) is 0 Å². The van der Waals surface area contributed by atoms with E-state index in [0.717, 1.165) is 0 Å². The molecule has 0 saturated carbocycles. The molecule has 0 aromatic heterocycles. The number of hydrogen-bond donors (Lipinski definition) is 2. The van der Waals surface area contributed by atoms with E-state index in [1.165, 1.54) is 12.1 Å². The van der Waals surface area contributed by atoms with Crippen LogP contribution in [-0.2, 0) is 14.6 Å². The summed E-state index contributed by atoms with van der Waals surface area (Å²) in [5.41, 5.74) is 1.17. The smallest absolute Gasteiger partial charge is 0.335 e. The Balaban J connectivity index is 2.05. The van der Waals surface area contributed by atoms with Gasteiger partial charge in [0.15, 0.2) is 9.84 Å². The van der Waals surface area contributed by atoms with Crippen LogP contribution < -0.4 is 10.2 Å². The lowest BCUT2D eigenvalue weighted by Crippen LogP contribution is -2.48. The molecule has 21 heavy (non-hydrogen) atoms. The fourth-order valence-corrected chi connectivity index (χ4v) is 4.33. The van der Waals surface area contributed by atoms with Crippen LogP contribution in [0.4, 0.5) is 11.4 Å². The minimum atomic E-state index is -3.13. The number of amides is 1. The van der Waals surface area contributed by atoms with Gasteiger partial charge in [0.25, 0.3) is 0 Å². The Kier molecular flexibility index (Phi) is 3.12. The van der Waals surface area contributed by atoms with E-state index >= 15 is 0 Å². The maximum absolute atomic E-state index is 11.9. The number of carbonyl (C=O) groups is 2. The van der Waals surface area contributed by atoms with Crippen LogP contribution in [-0.4, -0.2) is 49.5 Å². The molecule has 112 valence electrons. The SMILES string of the molecule is O=C1CC2CS(=O)(=O)CCN2c2ccc(C(=O)O)cc2N1. The largest absolute Gasteiger partial charge is 0.478 e. The molecule has 1 fully saturated rings. The number of rotatable bonds is 1. The van der Waals surface area contributed by atoms with E-state index in [1.54, 1.807) is 6.07 Å². The van der Waals surface area contributed by atoms with E-state index in [-0.39, 0.29) is 29.4 Å². The van der Waals surface area contributed by atoms with Crippen molar-refractivity contribution in [3.63, 3.8) is 0 Å². The summed E-state index contributed by atoms with van der Waals surface area (Å²) >= 11 is 0. The van der Waals surface area contributed by atoms with Gasteiger partial charge in [-0.05, 0) is 18.2 Å². The fraction of sp³-hybridized carbons (Fsp3) is 0.385. The van der Waals surface area contributed by atoms with Crippen LogP contribution in [0.2, 0.25) is 0 Å². The molecule has 1 atom stereocenters. The van der Waals surface area contributed by atoms with Gasteiger partial charge in [-0.25, -0.2) is 13.2 Å². The summed E-state index contributed by atoms with van der Waals surface area (Å²) < 4.78 is 23.5.